The van der Waals surface area contributed by atoms with Crippen LogP contribution in [-0.4, -0.2) is 53.9 Å². The molecular weight excluding hydrogens is 316 g/mol. The zero-order chi connectivity index (χ0) is 16.6. The van der Waals surface area contributed by atoms with Gasteiger partial charge in [-0.1, -0.05) is 0 Å². The molecule has 0 bridgehead atoms. The summed E-state index contributed by atoms with van der Waals surface area (Å²) in [6.07, 6.45) is 7.08. The first-order valence-corrected chi connectivity index (χ1v) is 9.04. The van der Waals surface area contributed by atoms with Gasteiger partial charge in [0.2, 0.25) is 12.7 Å². The SMILES string of the molecule is c1cnc(N2CCN(C3CCc4cc5c(cc4C3)OCO5)CC2)nc1. The molecule has 2 aromatic rings. The second-order valence-corrected chi connectivity index (χ2v) is 6.94. The van der Waals surface area contributed by atoms with Crippen molar-refractivity contribution in [3.63, 3.8) is 0 Å². The second-order valence-electron chi connectivity index (χ2n) is 6.94. The number of aryl methyl sites for hydroxylation is 1. The molecule has 0 saturated carbocycles. The zero-order valence-corrected chi connectivity index (χ0v) is 14.2. The molecule has 0 N–H and O–H groups in total. The van der Waals surface area contributed by atoms with Gasteiger partial charge in [-0.15, -0.1) is 0 Å². The van der Waals surface area contributed by atoms with Gasteiger partial charge in [0, 0.05) is 44.6 Å². The zero-order valence-electron chi connectivity index (χ0n) is 14.2. The third-order valence-electron chi connectivity index (χ3n) is 5.56. The van der Waals surface area contributed by atoms with E-state index >= 15 is 0 Å². The molecular formula is C19H22N4O2. The lowest BCUT2D eigenvalue weighted by Gasteiger charge is -2.41. The molecule has 0 amide bonds. The maximum absolute atomic E-state index is 5.55. The van der Waals surface area contributed by atoms with E-state index in [1.54, 1.807) is 0 Å². The van der Waals surface area contributed by atoms with Crippen molar-refractivity contribution in [1.82, 2.24) is 14.9 Å². The van der Waals surface area contributed by atoms with E-state index in [0.29, 0.717) is 12.8 Å². The van der Waals surface area contributed by atoms with Crippen molar-refractivity contribution in [2.75, 3.05) is 37.9 Å². The van der Waals surface area contributed by atoms with E-state index < -0.39 is 0 Å². The van der Waals surface area contributed by atoms with E-state index in [9.17, 15) is 0 Å². The number of rotatable bonds is 2. The molecule has 3 heterocycles. The first kappa shape index (κ1) is 15.0. The highest BCUT2D eigenvalue weighted by atomic mass is 16.7. The molecule has 2 aliphatic heterocycles. The van der Waals surface area contributed by atoms with Gasteiger partial charge in [0.05, 0.1) is 0 Å². The van der Waals surface area contributed by atoms with E-state index in [-0.39, 0.29) is 0 Å². The topological polar surface area (TPSA) is 50.7 Å². The molecule has 0 spiro atoms. The van der Waals surface area contributed by atoms with Gasteiger partial charge in [0.25, 0.3) is 0 Å². The van der Waals surface area contributed by atoms with E-state index in [1.165, 1.54) is 17.5 Å². The number of hydrogen-bond donors (Lipinski definition) is 0. The number of ether oxygens (including phenoxy) is 2. The van der Waals surface area contributed by atoms with Gasteiger partial charge in [0.1, 0.15) is 0 Å². The Balaban J connectivity index is 1.25. The minimum absolute atomic E-state index is 0.352. The fraction of sp³-hybridized carbons (Fsp3) is 0.474. The number of benzene rings is 1. The van der Waals surface area contributed by atoms with Crippen LogP contribution in [0.4, 0.5) is 5.95 Å². The highest BCUT2D eigenvalue weighted by Gasteiger charge is 2.29. The molecule has 1 saturated heterocycles. The first-order chi connectivity index (χ1) is 12.4. The number of anilines is 1. The van der Waals surface area contributed by atoms with Crippen LogP contribution >= 0.6 is 0 Å². The number of nitrogens with zero attached hydrogens (tertiary/aromatic N) is 4. The summed E-state index contributed by atoms with van der Waals surface area (Å²) in [5.41, 5.74) is 2.85. The van der Waals surface area contributed by atoms with Crippen molar-refractivity contribution in [3.05, 3.63) is 41.7 Å². The van der Waals surface area contributed by atoms with Crippen LogP contribution in [0.1, 0.15) is 17.5 Å². The van der Waals surface area contributed by atoms with E-state index in [2.05, 4.69) is 31.9 Å². The molecule has 1 aliphatic carbocycles. The fourth-order valence-electron chi connectivity index (χ4n) is 4.18. The Bertz CT molecular complexity index is 760. The fourth-order valence-corrected chi connectivity index (χ4v) is 4.18. The van der Waals surface area contributed by atoms with Crippen molar-refractivity contribution < 1.29 is 9.47 Å². The van der Waals surface area contributed by atoms with Crippen molar-refractivity contribution in [3.8, 4) is 11.5 Å². The van der Waals surface area contributed by atoms with Crippen LogP contribution in [0.2, 0.25) is 0 Å². The molecule has 1 aromatic heterocycles. The summed E-state index contributed by atoms with van der Waals surface area (Å²) in [7, 11) is 0. The predicted octanol–water partition coefficient (Wildman–Crippen LogP) is 1.88. The maximum Gasteiger partial charge on any atom is 0.231 e. The van der Waals surface area contributed by atoms with E-state index in [0.717, 1.165) is 56.5 Å². The summed E-state index contributed by atoms with van der Waals surface area (Å²) in [6, 6.07) is 6.85. The summed E-state index contributed by atoms with van der Waals surface area (Å²) in [6.45, 7) is 4.49. The molecule has 1 atom stereocenters. The molecule has 1 fully saturated rings. The van der Waals surface area contributed by atoms with Crippen LogP contribution in [0.5, 0.6) is 11.5 Å². The normalized spacial score (nSPS) is 22.7. The van der Waals surface area contributed by atoms with Gasteiger partial charge >= 0.3 is 0 Å². The van der Waals surface area contributed by atoms with Crippen LogP contribution in [0.15, 0.2) is 30.6 Å². The molecule has 1 aromatic carbocycles. The highest BCUT2D eigenvalue weighted by molar-refractivity contribution is 5.49. The summed E-state index contributed by atoms with van der Waals surface area (Å²) in [4.78, 5) is 13.7. The van der Waals surface area contributed by atoms with Gasteiger partial charge in [0.15, 0.2) is 11.5 Å². The average molecular weight is 338 g/mol. The van der Waals surface area contributed by atoms with E-state index in [1.807, 2.05) is 18.5 Å². The molecule has 3 aliphatic rings. The smallest absolute Gasteiger partial charge is 0.231 e. The Labute approximate surface area is 147 Å². The molecule has 6 nitrogen and oxygen atoms in total. The highest BCUT2D eigenvalue weighted by Crippen LogP contribution is 2.38. The number of aromatic nitrogens is 2. The summed E-state index contributed by atoms with van der Waals surface area (Å²) in [5, 5.41) is 0. The number of hydrogen-bond acceptors (Lipinski definition) is 6. The molecule has 5 rings (SSSR count). The third kappa shape index (κ3) is 2.80. The van der Waals surface area contributed by atoms with Gasteiger partial charge in [-0.05, 0) is 48.6 Å². The van der Waals surface area contributed by atoms with Crippen LogP contribution in [0.3, 0.4) is 0 Å². The van der Waals surface area contributed by atoms with Crippen LogP contribution < -0.4 is 14.4 Å². The van der Waals surface area contributed by atoms with Crippen molar-refractivity contribution in [1.29, 1.82) is 0 Å². The maximum atomic E-state index is 5.55. The molecule has 25 heavy (non-hydrogen) atoms. The Hall–Kier alpha value is -2.34. The molecule has 6 heteroatoms. The Morgan fingerprint density at radius 1 is 0.920 bits per heavy atom. The van der Waals surface area contributed by atoms with Crippen LogP contribution in [0, 0.1) is 0 Å². The van der Waals surface area contributed by atoms with Crippen LogP contribution in [-0.2, 0) is 12.8 Å². The molecule has 1 unspecified atom stereocenters. The summed E-state index contributed by atoms with van der Waals surface area (Å²) >= 11 is 0. The Kier molecular flexibility index (Phi) is 3.70. The predicted molar refractivity (Wildman–Crippen MR) is 94.2 cm³/mol. The number of fused-ring (bicyclic) bond motifs is 2. The Morgan fingerprint density at radius 3 is 2.40 bits per heavy atom. The van der Waals surface area contributed by atoms with Crippen molar-refractivity contribution in [2.24, 2.45) is 0 Å². The minimum atomic E-state index is 0.352. The largest absolute Gasteiger partial charge is 0.454 e. The second kappa shape index (κ2) is 6.19. The lowest BCUT2D eigenvalue weighted by Crippen LogP contribution is -2.52. The quantitative estimate of drug-likeness (QED) is 0.833. The van der Waals surface area contributed by atoms with E-state index in [4.69, 9.17) is 9.47 Å². The lowest BCUT2D eigenvalue weighted by molar-refractivity contribution is 0.169. The van der Waals surface area contributed by atoms with Crippen molar-refractivity contribution >= 4 is 5.95 Å². The monoisotopic (exact) mass is 338 g/mol. The van der Waals surface area contributed by atoms with Gasteiger partial charge in [-0.25, -0.2) is 9.97 Å². The Morgan fingerprint density at radius 2 is 1.64 bits per heavy atom. The minimum Gasteiger partial charge on any atom is -0.454 e. The van der Waals surface area contributed by atoms with Gasteiger partial charge in [-0.2, -0.15) is 0 Å². The number of piperazine rings is 1. The summed E-state index contributed by atoms with van der Waals surface area (Å²) < 4.78 is 11.1. The van der Waals surface area contributed by atoms with Gasteiger partial charge in [-0.3, -0.25) is 4.90 Å². The molecule has 0 radical (unpaired) electrons. The standard InChI is InChI=1S/C19H22N4O2/c1-4-20-19(21-5-1)23-8-6-22(7-9-23)16-3-2-14-11-17-18(25-13-24-17)12-15(14)10-16/h1,4-5,11-12,16H,2-3,6-10,13H2. The van der Waals surface area contributed by atoms with Crippen molar-refractivity contribution in [2.45, 2.75) is 25.3 Å². The third-order valence-corrected chi connectivity index (χ3v) is 5.56. The lowest BCUT2D eigenvalue weighted by atomic mass is 9.87. The first-order valence-electron chi connectivity index (χ1n) is 9.04. The average Bonchev–Trinajstić information content (AvgIpc) is 3.14. The summed E-state index contributed by atoms with van der Waals surface area (Å²) in [5.74, 6) is 2.67. The van der Waals surface area contributed by atoms with Gasteiger partial charge < -0.3 is 14.4 Å². The molecule has 130 valence electrons. The van der Waals surface area contributed by atoms with Crippen LogP contribution in [0.25, 0.3) is 0 Å².